The zero-order chi connectivity index (χ0) is 12.3. The Balaban J connectivity index is 3.50. The number of allylic oxidation sites excluding steroid dienone is 2. The third-order valence-electron chi connectivity index (χ3n) is 1.95. The van der Waals surface area contributed by atoms with Crippen LogP contribution < -0.4 is 0 Å². The molecule has 0 bridgehead atoms. The number of ketones is 2. The van der Waals surface area contributed by atoms with Crippen LogP contribution >= 0.6 is 0 Å². The van der Waals surface area contributed by atoms with E-state index in [-0.39, 0.29) is 0 Å². The second-order valence-electron chi connectivity index (χ2n) is 2.70. The fraction of sp³-hybridized carbons (Fsp3) is 0.200. The predicted molar refractivity (Wildman–Crippen MR) is 49.3 cm³/mol. The number of ether oxygens (including phenoxy) is 2. The Bertz CT molecular complexity index is 466. The van der Waals surface area contributed by atoms with E-state index >= 15 is 0 Å². The van der Waals surface area contributed by atoms with Crippen molar-refractivity contribution < 1.29 is 19.1 Å². The molecule has 0 aromatic carbocycles. The number of carbonyl (C=O) groups excluding carboxylic acids is 2. The number of nitrogens with zero attached hydrogens (tertiary/aromatic N) is 2. The van der Waals surface area contributed by atoms with Gasteiger partial charge in [-0.2, -0.15) is 10.5 Å². The average molecular weight is 218 g/mol. The van der Waals surface area contributed by atoms with Crippen LogP contribution in [0.1, 0.15) is 0 Å². The van der Waals surface area contributed by atoms with Gasteiger partial charge in [0.2, 0.25) is 11.6 Å². The lowest BCUT2D eigenvalue weighted by atomic mass is 9.95. The Morgan fingerprint density at radius 3 is 1.38 bits per heavy atom. The number of Topliss-reactive ketones (excluding diaryl/α,β-unsaturated/α-hetero) is 2. The van der Waals surface area contributed by atoms with Crippen LogP contribution in [0.15, 0.2) is 22.7 Å². The van der Waals surface area contributed by atoms with Crippen LogP contribution in [0, 0.1) is 22.7 Å². The van der Waals surface area contributed by atoms with Gasteiger partial charge in [-0.1, -0.05) is 0 Å². The third kappa shape index (κ3) is 1.43. The van der Waals surface area contributed by atoms with Gasteiger partial charge in [-0.15, -0.1) is 0 Å². The van der Waals surface area contributed by atoms with E-state index in [0.717, 1.165) is 14.2 Å². The Kier molecular flexibility index (Phi) is 3.07. The zero-order valence-electron chi connectivity index (χ0n) is 8.53. The molecule has 0 heterocycles. The molecule has 0 unspecified atom stereocenters. The number of hydrogen-bond donors (Lipinski definition) is 0. The molecule has 0 fully saturated rings. The maximum Gasteiger partial charge on any atom is 0.243 e. The SMILES string of the molecule is COC1=C(C#N)C(=O)C(OC)=C(C#N)C1=O. The maximum absolute atomic E-state index is 11.6. The predicted octanol–water partition coefficient (Wildman–Crippen LogP) is -0.0136. The summed E-state index contributed by atoms with van der Waals surface area (Å²) in [6.45, 7) is 0. The van der Waals surface area contributed by atoms with Crippen molar-refractivity contribution in [3.63, 3.8) is 0 Å². The normalized spacial score (nSPS) is 15.8. The first-order chi connectivity index (χ1) is 7.62. The van der Waals surface area contributed by atoms with Crippen LogP contribution in [-0.2, 0) is 19.1 Å². The van der Waals surface area contributed by atoms with Crippen molar-refractivity contribution in [1.29, 1.82) is 10.5 Å². The molecular weight excluding hydrogens is 212 g/mol. The minimum atomic E-state index is -0.821. The highest BCUT2D eigenvalue weighted by Gasteiger charge is 2.37. The monoisotopic (exact) mass is 218 g/mol. The summed E-state index contributed by atoms with van der Waals surface area (Å²) < 4.78 is 9.30. The van der Waals surface area contributed by atoms with E-state index in [2.05, 4.69) is 9.47 Å². The molecule has 0 aromatic heterocycles. The first-order valence-electron chi connectivity index (χ1n) is 4.08. The molecule has 0 saturated carbocycles. The van der Waals surface area contributed by atoms with Crippen LogP contribution in [-0.4, -0.2) is 25.8 Å². The second kappa shape index (κ2) is 4.28. The summed E-state index contributed by atoms with van der Waals surface area (Å²) in [6.07, 6.45) is 0. The van der Waals surface area contributed by atoms with E-state index in [1.807, 2.05) is 0 Å². The van der Waals surface area contributed by atoms with Crippen molar-refractivity contribution in [2.24, 2.45) is 0 Å². The van der Waals surface area contributed by atoms with Gasteiger partial charge in [0.05, 0.1) is 14.2 Å². The van der Waals surface area contributed by atoms with E-state index < -0.39 is 34.2 Å². The summed E-state index contributed by atoms with van der Waals surface area (Å²) in [6, 6.07) is 3.11. The summed E-state index contributed by atoms with van der Waals surface area (Å²) in [5, 5.41) is 17.5. The Labute approximate surface area is 91.0 Å². The number of methoxy groups -OCH3 is 2. The number of rotatable bonds is 2. The molecule has 0 radical (unpaired) electrons. The van der Waals surface area contributed by atoms with Gasteiger partial charge in [-0.05, 0) is 0 Å². The Morgan fingerprint density at radius 2 is 1.19 bits per heavy atom. The van der Waals surface area contributed by atoms with Gasteiger partial charge >= 0.3 is 0 Å². The van der Waals surface area contributed by atoms with Crippen molar-refractivity contribution in [3.05, 3.63) is 22.7 Å². The summed E-state index contributed by atoms with van der Waals surface area (Å²) in [7, 11) is 2.29. The van der Waals surface area contributed by atoms with E-state index in [1.54, 1.807) is 12.1 Å². The van der Waals surface area contributed by atoms with E-state index in [9.17, 15) is 9.59 Å². The first kappa shape index (κ1) is 11.5. The van der Waals surface area contributed by atoms with Crippen molar-refractivity contribution in [2.75, 3.05) is 14.2 Å². The molecule has 1 aliphatic rings. The first-order valence-corrected chi connectivity index (χ1v) is 4.08. The van der Waals surface area contributed by atoms with Crippen molar-refractivity contribution in [2.45, 2.75) is 0 Å². The quantitative estimate of drug-likeness (QED) is 0.604. The molecule has 6 nitrogen and oxygen atoms in total. The molecular formula is C10H6N2O4. The maximum atomic E-state index is 11.6. The van der Waals surface area contributed by atoms with Crippen LogP contribution in [0.3, 0.4) is 0 Å². The molecule has 1 aliphatic carbocycles. The van der Waals surface area contributed by atoms with Gasteiger partial charge in [0.1, 0.15) is 23.3 Å². The molecule has 80 valence electrons. The van der Waals surface area contributed by atoms with Gasteiger partial charge < -0.3 is 9.47 Å². The van der Waals surface area contributed by atoms with Crippen molar-refractivity contribution in [3.8, 4) is 12.1 Å². The van der Waals surface area contributed by atoms with E-state index in [4.69, 9.17) is 10.5 Å². The standard InChI is InChI=1S/C10H6N2O4/c1-15-9-5(3-11)8(14)10(16-2)6(4-12)7(9)13/h1-2H3. The lowest BCUT2D eigenvalue weighted by Gasteiger charge is -2.14. The fourth-order valence-electron chi connectivity index (χ4n) is 1.25. The number of hydrogen-bond acceptors (Lipinski definition) is 6. The van der Waals surface area contributed by atoms with E-state index in [0.29, 0.717) is 0 Å². The molecule has 0 atom stereocenters. The number of carbonyl (C=O) groups is 2. The zero-order valence-corrected chi connectivity index (χ0v) is 8.53. The molecule has 0 aromatic rings. The van der Waals surface area contributed by atoms with Crippen LogP contribution in [0.4, 0.5) is 0 Å². The molecule has 16 heavy (non-hydrogen) atoms. The molecule has 0 amide bonds. The minimum Gasteiger partial charge on any atom is -0.491 e. The lowest BCUT2D eigenvalue weighted by molar-refractivity contribution is -0.120. The summed E-state index contributed by atoms with van der Waals surface area (Å²) in [5.74, 6) is -2.49. The van der Waals surface area contributed by atoms with Crippen molar-refractivity contribution in [1.82, 2.24) is 0 Å². The van der Waals surface area contributed by atoms with Gasteiger partial charge in [-0.25, -0.2) is 0 Å². The van der Waals surface area contributed by atoms with Crippen molar-refractivity contribution >= 4 is 11.6 Å². The largest absolute Gasteiger partial charge is 0.491 e. The highest BCUT2D eigenvalue weighted by Crippen LogP contribution is 2.24. The highest BCUT2D eigenvalue weighted by molar-refractivity contribution is 6.26. The van der Waals surface area contributed by atoms with Crippen LogP contribution in [0.5, 0.6) is 0 Å². The van der Waals surface area contributed by atoms with Gasteiger partial charge in [-0.3, -0.25) is 9.59 Å². The molecule has 1 rings (SSSR count). The van der Waals surface area contributed by atoms with Crippen LogP contribution in [0.25, 0.3) is 0 Å². The summed E-state index contributed by atoms with van der Waals surface area (Å²) in [5.41, 5.74) is -0.910. The number of nitriles is 2. The average Bonchev–Trinajstić information content (AvgIpc) is 2.30. The molecule has 6 heteroatoms. The molecule has 0 N–H and O–H groups in total. The summed E-state index contributed by atoms with van der Waals surface area (Å²) >= 11 is 0. The van der Waals surface area contributed by atoms with Gasteiger partial charge in [0.15, 0.2) is 11.5 Å². The molecule has 0 spiro atoms. The Morgan fingerprint density at radius 1 is 0.875 bits per heavy atom. The Hall–Kier alpha value is -2.60. The topological polar surface area (TPSA) is 100 Å². The molecule has 0 saturated heterocycles. The fourth-order valence-corrected chi connectivity index (χ4v) is 1.25. The minimum absolute atomic E-state index is 0.426. The second-order valence-corrected chi connectivity index (χ2v) is 2.70. The third-order valence-corrected chi connectivity index (χ3v) is 1.95. The highest BCUT2D eigenvalue weighted by atomic mass is 16.5. The van der Waals surface area contributed by atoms with E-state index in [1.165, 1.54) is 0 Å². The lowest BCUT2D eigenvalue weighted by Crippen LogP contribution is -2.24. The van der Waals surface area contributed by atoms with Gasteiger partial charge in [0, 0.05) is 0 Å². The smallest absolute Gasteiger partial charge is 0.243 e. The van der Waals surface area contributed by atoms with Crippen LogP contribution in [0.2, 0.25) is 0 Å². The summed E-state index contributed by atoms with van der Waals surface area (Å²) in [4.78, 5) is 23.3. The molecule has 0 aliphatic heterocycles. The van der Waals surface area contributed by atoms with Gasteiger partial charge in [0.25, 0.3) is 0 Å².